The summed E-state index contributed by atoms with van der Waals surface area (Å²) in [5, 5.41) is 5.84. The lowest BCUT2D eigenvalue weighted by Gasteiger charge is -2.16. The number of carbonyl (C=O) groups is 2. The van der Waals surface area contributed by atoms with Crippen molar-refractivity contribution in [2.24, 2.45) is 0 Å². The highest BCUT2D eigenvalue weighted by molar-refractivity contribution is 5.89. The molecule has 1 aliphatic rings. The van der Waals surface area contributed by atoms with Gasteiger partial charge in [-0.05, 0) is 36.6 Å². The van der Waals surface area contributed by atoms with Crippen LogP contribution in [0, 0.1) is 0 Å². The Morgan fingerprint density at radius 1 is 1.07 bits per heavy atom. The van der Waals surface area contributed by atoms with E-state index in [-0.39, 0.29) is 18.4 Å². The van der Waals surface area contributed by atoms with Crippen molar-refractivity contribution in [2.75, 3.05) is 25.5 Å². The molecule has 2 aromatic carbocycles. The van der Waals surface area contributed by atoms with Crippen molar-refractivity contribution in [3.63, 3.8) is 0 Å². The Bertz CT molecular complexity index is 801. The number of hydrogen-bond acceptors (Lipinski definition) is 3. The molecular weight excluding hydrogens is 342 g/mol. The first-order chi connectivity index (χ1) is 13.2. The van der Waals surface area contributed by atoms with E-state index in [4.69, 9.17) is 4.74 Å². The Morgan fingerprint density at radius 3 is 2.63 bits per heavy atom. The van der Waals surface area contributed by atoms with Crippen LogP contribution in [0.15, 0.2) is 48.5 Å². The van der Waals surface area contributed by atoms with Crippen molar-refractivity contribution in [2.45, 2.75) is 25.8 Å². The Morgan fingerprint density at radius 2 is 1.85 bits per heavy atom. The van der Waals surface area contributed by atoms with Gasteiger partial charge in [0.2, 0.25) is 5.91 Å². The van der Waals surface area contributed by atoms with Crippen LogP contribution in [0.5, 0.6) is 5.75 Å². The predicted molar refractivity (Wildman–Crippen MR) is 105 cm³/mol. The average molecular weight is 367 g/mol. The summed E-state index contributed by atoms with van der Waals surface area (Å²) in [5.41, 5.74) is 2.52. The molecule has 0 bridgehead atoms. The predicted octanol–water partition coefficient (Wildman–Crippen LogP) is 3.18. The van der Waals surface area contributed by atoms with Gasteiger partial charge in [0, 0.05) is 30.9 Å². The molecule has 0 atom stereocenters. The zero-order chi connectivity index (χ0) is 19.1. The van der Waals surface area contributed by atoms with Crippen LogP contribution in [-0.4, -0.2) is 37.0 Å². The van der Waals surface area contributed by atoms with Crippen LogP contribution in [0.2, 0.25) is 0 Å². The fourth-order valence-electron chi connectivity index (χ4n) is 3.17. The van der Waals surface area contributed by atoms with Crippen molar-refractivity contribution in [1.82, 2.24) is 10.2 Å². The number of rotatable bonds is 6. The maximum absolute atomic E-state index is 12.2. The summed E-state index contributed by atoms with van der Waals surface area (Å²) in [5.74, 6) is 0.630. The molecule has 2 N–H and O–H groups in total. The van der Waals surface area contributed by atoms with Gasteiger partial charge in [-0.3, -0.25) is 4.79 Å². The molecule has 3 rings (SSSR count). The molecule has 0 spiro atoms. The first-order valence-electron chi connectivity index (χ1n) is 9.19. The molecule has 3 amide bonds. The number of ether oxygens (including phenoxy) is 1. The molecule has 6 nitrogen and oxygen atoms in total. The van der Waals surface area contributed by atoms with Gasteiger partial charge in [-0.2, -0.15) is 0 Å². The third-order valence-corrected chi connectivity index (χ3v) is 4.60. The molecule has 0 aliphatic carbocycles. The maximum Gasteiger partial charge on any atom is 0.321 e. The van der Waals surface area contributed by atoms with Gasteiger partial charge in [-0.25, -0.2) is 4.79 Å². The van der Waals surface area contributed by atoms with Gasteiger partial charge in [0.25, 0.3) is 0 Å². The highest BCUT2D eigenvalue weighted by Gasteiger charge is 2.17. The zero-order valence-corrected chi connectivity index (χ0v) is 15.5. The molecule has 1 heterocycles. The third kappa shape index (κ3) is 5.23. The van der Waals surface area contributed by atoms with E-state index in [1.807, 2.05) is 53.4 Å². The second-order valence-corrected chi connectivity index (χ2v) is 6.59. The van der Waals surface area contributed by atoms with Crippen LogP contribution >= 0.6 is 0 Å². The number of anilines is 1. The van der Waals surface area contributed by atoms with E-state index in [9.17, 15) is 9.59 Å². The van der Waals surface area contributed by atoms with E-state index in [0.717, 1.165) is 42.7 Å². The van der Waals surface area contributed by atoms with Crippen molar-refractivity contribution >= 4 is 17.6 Å². The van der Waals surface area contributed by atoms with Crippen molar-refractivity contribution < 1.29 is 14.3 Å². The number of likely N-dealkylation sites (tertiary alicyclic amines) is 1. The molecule has 142 valence electrons. The lowest BCUT2D eigenvalue weighted by atomic mass is 10.1. The lowest BCUT2D eigenvalue weighted by molar-refractivity contribution is -0.120. The third-order valence-electron chi connectivity index (χ3n) is 4.60. The molecular formula is C21H25N3O3. The van der Waals surface area contributed by atoms with Crippen LogP contribution in [-0.2, 0) is 17.8 Å². The largest absolute Gasteiger partial charge is 0.496 e. The normalized spacial score (nSPS) is 13.3. The van der Waals surface area contributed by atoms with E-state index < -0.39 is 0 Å². The highest BCUT2D eigenvalue weighted by atomic mass is 16.5. The standard InChI is InChI=1S/C21H25N3O3/c1-27-19-10-3-2-8-17(19)14-20(25)22-15-16-7-6-9-18(13-16)23-21(26)24-11-4-5-12-24/h2-3,6-10,13H,4-5,11-12,14-15H2,1H3,(H,22,25)(H,23,26). The van der Waals surface area contributed by atoms with Gasteiger partial charge >= 0.3 is 6.03 Å². The summed E-state index contributed by atoms with van der Waals surface area (Å²) < 4.78 is 5.28. The summed E-state index contributed by atoms with van der Waals surface area (Å²) in [4.78, 5) is 26.3. The minimum Gasteiger partial charge on any atom is -0.496 e. The van der Waals surface area contributed by atoms with Gasteiger partial charge in [0.1, 0.15) is 5.75 Å². The number of methoxy groups -OCH3 is 1. The molecule has 1 fully saturated rings. The van der Waals surface area contributed by atoms with E-state index in [0.29, 0.717) is 12.3 Å². The Balaban J connectivity index is 1.53. The SMILES string of the molecule is COc1ccccc1CC(=O)NCc1cccc(NC(=O)N2CCCC2)c1. The Kier molecular flexibility index (Phi) is 6.30. The van der Waals surface area contributed by atoms with Gasteiger partial charge in [-0.1, -0.05) is 30.3 Å². The number of para-hydroxylation sites is 1. The van der Waals surface area contributed by atoms with E-state index >= 15 is 0 Å². The van der Waals surface area contributed by atoms with E-state index in [2.05, 4.69) is 10.6 Å². The van der Waals surface area contributed by atoms with Crippen LogP contribution in [0.25, 0.3) is 0 Å². The number of urea groups is 1. The molecule has 27 heavy (non-hydrogen) atoms. The number of nitrogens with zero attached hydrogens (tertiary/aromatic N) is 1. The minimum atomic E-state index is -0.0778. The first kappa shape index (κ1) is 18.8. The molecule has 6 heteroatoms. The van der Waals surface area contributed by atoms with Crippen LogP contribution in [0.3, 0.4) is 0 Å². The fourth-order valence-corrected chi connectivity index (χ4v) is 3.17. The van der Waals surface area contributed by atoms with Crippen LogP contribution < -0.4 is 15.4 Å². The molecule has 0 aromatic heterocycles. The van der Waals surface area contributed by atoms with Crippen molar-refractivity contribution in [1.29, 1.82) is 0 Å². The van der Waals surface area contributed by atoms with Crippen LogP contribution in [0.1, 0.15) is 24.0 Å². The fraction of sp³-hybridized carbons (Fsp3) is 0.333. The molecule has 2 aromatic rings. The summed E-state index contributed by atoms with van der Waals surface area (Å²) in [6.07, 6.45) is 2.38. The molecule has 1 aliphatic heterocycles. The second-order valence-electron chi connectivity index (χ2n) is 6.59. The monoisotopic (exact) mass is 367 g/mol. The van der Waals surface area contributed by atoms with E-state index in [1.165, 1.54) is 0 Å². The van der Waals surface area contributed by atoms with Crippen molar-refractivity contribution in [3.8, 4) is 5.75 Å². The summed E-state index contributed by atoms with van der Waals surface area (Å²) in [6.45, 7) is 2.02. The average Bonchev–Trinajstić information content (AvgIpc) is 3.22. The molecule has 0 unspecified atom stereocenters. The molecule has 0 saturated carbocycles. The van der Waals surface area contributed by atoms with Gasteiger partial charge in [-0.15, -0.1) is 0 Å². The second kappa shape index (κ2) is 9.07. The van der Waals surface area contributed by atoms with Gasteiger partial charge in [0.15, 0.2) is 0 Å². The summed E-state index contributed by atoms with van der Waals surface area (Å²) in [6, 6.07) is 15.0. The number of hydrogen-bond donors (Lipinski definition) is 2. The van der Waals surface area contributed by atoms with Crippen LogP contribution in [0.4, 0.5) is 10.5 Å². The summed E-state index contributed by atoms with van der Waals surface area (Å²) in [7, 11) is 1.60. The van der Waals surface area contributed by atoms with Crippen molar-refractivity contribution in [3.05, 3.63) is 59.7 Å². The zero-order valence-electron chi connectivity index (χ0n) is 15.5. The number of nitrogens with one attached hydrogen (secondary N) is 2. The number of benzene rings is 2. The lowest BCUT2D eigenvalue weighted by Crippen LogP contribution is -2.32. The summed E-state index contributed by atoms with van der Waals surface area (Å²) >= 11 is 0. The molecule has 0 radical (unpaired) electrons. The number of carbonyl (C=O) groups excluding carboxylic acids is 2. The Hall–Kier alpha value is -3.02. The molecule has 1 saturated heterocycles. The van der Waals surface area contributed by atoms with Gasteiger partial charge in [0.05, 0.1) is 13.5 Å². The topological polar surface area (TPSA) is 70.7 Å². The highest BCUT2D eigenvalue weighted by Crippen LogP contribution is 2.18. The minimum absolute atomic E-state index is 0.0649. The van der Waals surface area contributed by atoms with E-state index in [1.54, 1.807) is 7.11 Å². The smallest absolute Gasteiger partial charge is 0.321 e. The van der Waals surface area contributed by atoms with Gasteiger partial charge < -0.3 is 20.3 Å². The number of amides is 3. The first-order valence-corrected chi connectivity index (χ1v) is 9.19. The Labute approximate surface area is 159 Å². The quantitative estimate of drug-likeness (QED) is 0.824. The maximum atomic E-state index is 12.2.